The van der Waals surface area contributed by atoms with Gasteiger partial charge in [-0.1, -0.05) is 0 Å². The Hall–Kier alpha value is -0.810. The van der Waals surface area contributed by atoms with E-state index < -0.39 is 6.09 Å². The normalized spacial score (nSPS) is 33.2. The third kappa shape index (κ3) is 2.79. The summed E-state index contributed by atoms with van der Waals surface area (Å²) in [7, 11) is 0. The number of aliphatic hydroxyl groups excluding tert-OH is 1. The summed E-state index contributed by atoms with van der Waals surface area (Å²) < 4.78 is 1.02. The van der Waals surface area contributed by atoms with E-state index in [1.807, 2.05) is 0 Å². The Kier molecular flexibility index (Phi) is 4.30. The van der Waals surface area contributed by atoms with Gasteiger partial charge in [-0.25, -0.2) is 0 Å². The van der Waals surface area contributed by atoms with Crippen molar-refractivity contribution >= 4 is 6.09 Å². The lowest BCUT2D eigenvalue weighted by Crippen LogP contribution is -2.70. The van der Waals surface area contributed by atoms with Gasteiger partial charge in [0.15, 0.2) is 0 Å². The van der Waals surface area contributed by atoms with Crippen molar-refractivity contribution in [3.05, 3.63) is 0 Å². The summed E-state index contributed by atoms with van der Waals surface area (Å²) in [6, 6.07) is 0.498. The van der Waals surface area contributed by atoms with E-state index in [4.69, 9.17) is 0 Å². The number of rotatable bonds is 1. The van der Waals surface area contributed by atoms with Gasteiger partial charge >= 0.3 is 0 Å². The number of quaternary nitrogens is 1. The number of carbonyl (C=O) groups excluding carboxylic acids is 1. The molecule has 1 N–H and O–H groups in total. The third-order valence-corrected chi connectivity index (χ3v) is 5.48. The first-order valence-electron chi connectivity index (χ1n) is 7.77. The maximum atomic E-state index is 10.9. The fourth-order valence-electron chi connectivity index (χ4n) is 4.14. The summed E-state index contributed by atoms with van der Waals surface area (Å²) in [4.78, 5) is 12.4. The molecule has 116 valence electrons. The molecular formula is C15H28N2O3. The Morgan fingerprint density at radius 3 is 2.05 bits per heavy atom. The minimum Gasteiger partial charge on any atom is -0.530 e. The molecule has 2 rings (SSSR count). The number of amides is 1. The zero-order chi connectivity index (χ0) is 15.0. The Balaban J connectivity index is 2.11. The summed E-state index contributed by atoms with van der Waals surface area (Å²) in [5.41, 5.74) is 0.133. The standard InChI is InChI=1S/C15H28N2O3/c1-15(2,3)17(10-6-13(18)7-11-17)12-4-8-16(9-5-12)14(19)20/h12-13,18H,4-11H2,1-3H3. The molecule has 2 heterocycles. The molecule has 0 radical (unpaired) electrons. The lowest BCUT2D eigenvalue weighted by molar-refractivity contribution is -0.997. The third-order valence-electron chi connectivity index (χ3n) is 5.48. The van der Waals surface area contributed by atoms with Gasteiger partial charge in [-0.3, -0.25) is 0 Å². The average Bonchev–Trinajstić information content (AvgIpc) is 2.38. The van der Waals surface area contributed by atoms with E-state index in [-0.39, 0.29) is 11.6 Å². The quantitative estimate of drug-likeness (QED) is 0.716. The first-order chi connectivity index (χ1) is 9.26. The minimum atomic E-state index is -1.04. The molecule has 0 spiro atoms. The second-order valence-electron chi connectivity index (χ2n) is 7.37. The van der Waals surface area contributed by atoms with Crippen LogP contribution in [0.2, 0.25) is 0 Å². The van der Waals surface area contributed by atoms with E-state index in [2.05, 4.69) is 20.8 Å². The van der Waals surface area contributed by atoms with E-state index in [0.29, 0.717) is 19.1 Å². The van der Waals surface area contributed by atoms with Crippen LogP contribution in [0.1, 0.15) is 46.5 Å². The number of piperidine rings is 2. The molecule has 0 aromatic rings. The Morgan fingerprint density at radius 1 is 1.15 bits per heavy atom. The number of carboxylic acid groups (broad SMARTS) is 1. The summed E-state index contributed by atoms with van der Waals surface area (Å²) in [6.07, 6.45) is 2.32. The van der Waals surface area contributed by atoms with Crippen molar-refractivity contribution < 1.29 is 19.5 Å². The van der Waals surface area contributed by atoms with E-state index in [1.165, 1.54) is 4.90 Å². The topological polar surface area (TPSA) is 63.6 Å². The minimum absolute atomic E-state index is 0.133. The molecule has 2 saturated heterocycles. The molecule has 5 nitrogen and oxygen atoms in total. The molecular weight excluding hydrogens is 256 g/mol. The molecule has 0 bridgehead atoms. The molecule has 0 aliphatic carbocycles. The molecule has 2 aliphatic heterocycles. The number of nitrogens with zero attached hydrogens (tertiary/aromatic N) is 2. The fourth-order valence-corrected chi connectivity index (χ4v) is 4.14. The van der Waals surface area contributed by atoms with Crippen molar-refractivity contribution in [1.82, 2.24) is 4.90 Å². The predicted octanol–water partition coefficient (Wildman–Crippen LogP) is 0.564. The van der Waals surface area contributed by atoms with Crippen molar-refractivity contribution in [3.8, 4) is 0 Å². The Bertz CT molecular complexity index is 349. The van der Waals surface area contributed by atoms with Crippen LogP contribution in [0.25, 0.3) is 0 Å². The van der Waals surface area contributed by atoms with Crippen LogP contribution in [0.5, 0.6) is 0 Å². The smallest absolute Gasteiger partial charge is 0.136 e. The molecule has 20 heavy (non-hydrogen) atoms. The van der Waals surface area contributed by atoms with Gasteiger partial charge in [0.1, 0.15) is 6.09 Å². The van der Waals surface area contributed by atoms with Gasteiger partial charge in [-0.2, -0.15) is 0 Å². The number of aliphatic hydroxyl groups is 1. The van der Waals surface area contributed by atoms with Gasteiger partial charge in [0.25, 0.3) is 0 Å². The van der Waals surface area contributed by atoms with Gasteiger partial charge in [-0.15, -0.1) is 0 Å². The molecule has 2 aliphatic rings. The first kappa shape index (κ1) is 15.6. The van der Waals surface area contributed by atoms with Crippen LogP contribution in [0.3, 0.4) is 0 Å². The highest BCUT2D eigenvalue weighted by molar-refractivity contribution is 5.62. The molecule has 0 unspecified atom stereocenters. The highest BCUT2D eigenvalue weighted by atomic mass is 16.4. The maximum Gasteiger partial charge on any atom is 0.136 e. The molecule has 2 fully saturated rings. The molecule has 5 heteroatoms. The maximum absolute atomic E-state index is 10.9. The highest BCUT2D eigenvalue weighted by Gasteiger charge is 2.49. The SMILES string of the molecule is CC(C)(C)[N+]1(C2CCN(C(=O)[O-])CC2)CCC(O)CC1. The summed E-state index contributed by atoms with van der Waals surface area (Å²) in [5, 5.41) is 20.7. The Morgan fingerprint density at radius 2 is 1.65 bits per heavy atom. The van der Waals surface area contributed by atoms with E-state index in [1.54, 1.807) is 0 Å². The number of carbonyl (C=O) groups is 1. The number of hydrogen-bond acceptors (Lipinski definition) is 3. The van der Waals surface area contributed by atoms with Crippen molar-refractivity contribution in [2.75, 3.05) is 26.2 Å². The number of hydrogen-bond donors (Lipinski definition) is 1. The molecule has 0 atom stereocenters. The molecule has 0 aromatic heterocycles. The van der Waals surface area contributed by atoms with Crippen LogP contribution in [0.15, 0.2) is 0 Å². The van der Waals surface area contributed by atoms with E-state index in [9.17, 15) is 15.0 Å². The highest BCUT2D eigenvalue weighted by Crippen LogP contribution is 2.37. The van der Waals surface area contributed by atoms with Crippen molar-refractivity contribution in [3.63, 3.8) is 0 Å². The van der Waals surface area contributed by atoms with Crippen LogP contribution < -0.4 is 5.11 Å². The lowest BCUT2D eigenvalue weighted by Gasteiger charge is -2.57. The first-order valence-corrected chi connectivity index (χ1v) is 7.77. The zero-order valence-electron chi connectivity index (χ0n) is 13.0. The zero-order valence-corrected chi connectivity index (χ0v) is 13.0. The number of likely N-dealkylation sites (tertiary alicyclic amines) is 2. The van der Waals surface area contributed by atoms with Crippen LogP contribution >= 0.6 is 0 Å². The van der Waals surface area contributed by atoms with Crippen molar-refractivity contribution in [2.24, 2.45) is 0 Å². The largest absolute Gasteiger partial charge is 0.530 e. The van der Waals surface area contributed by atoms with Gasteiger partial charge in [0, 0.05) is 38.8 Å². The van der Waals surface area contributed by atoms with Gasteiger partial charge in [0.05, 0.1) is 30.8 Å². The van der Waals surface area contributed by atoms with Gasteiger partial charge in [0.2, 0.25) is 0 Å². The van der Waals surface area contributed by atoms with Gasteiger partial charge in [-0.05, 0) is 20.8 Å². The van der Waals surface area contributed by atoms with E-state index in [0.717, 1.165) is 43.3 Å². The summed E-state index contributed by atoms with van der Waals surface area (Å²) in [6.45, 7) is 10.0. The fraction of sp³-hybridized carbons (Fsp3) is 0.933. The van der Waals surface area contributed by atoms with E-state index >= 15 is 0 Å². The van der Waals surface area contributed by atoms with Crippen LogP contribution in [0.4, 0.5) is 4.79 Å². The monoisotopic (exact) mass is 284 g/mol. The lowest BCUT2D eigenvalue weighted by atomic mass is 9.87. The summed E-state index contributed by atoms with van der Waals surface area (Å²) in [5.74, 6) is 0. The summed E-state index contributed by atoms with van der Waals surface area (Å²) >= 11 is 0. The van der Waals surface area contributed by atoms with Crippen molar-refractivity contribution in [2.45, 2.75) is 64.1 Å². The second kappa shape index (κ2) is 5.53. The van der Waals surface area contributed by atoms with Crippen LogP contribution in [0, 0.1) is 0 Å². The average molecular weight is 284 g/mol. The molecule has 1 amide bonds. The Labute approximate surface area is 121 Å². The molecule has 0 aromatic carbocycles. The second-order valence-corrected chi connectivity index (χ2v) is 7.37. The molecule has 0 saturated carbocycles. The van der Waals surface area contributed by atoms with Gasteiger partial charge < -0.3 is 24.4 Å². The van der Waals surface area contributed by atoms with Crippen molar-refractivity contribution in [1.29, 1.82) is 0 Å². The predicted molar refractivity (Wildman–Crippen MR) is 75.0 cm³/mol. The van der Waals surface area contributed by atoms with Crippen LogP contribution in [-0.2, 0) is 0 Å². The van der Waals surface area contributed by atoms with Crippen LogP contribution in [-0.4, -0.2) is 64.4 Å².